The summed E-state index contributed by atoms with van der Waals surface area (Å²) in [5, 5.41) is 10.0. The molecule has 0 radical (unpaired) electrons. The van der Waals surface area contributed by atoms with Gasteiger partial charge in [0.2, 0.25) is 5.91 Å². The molecule has 2 aliphatic rings. The van der Waals surface area contributed by atoms with Gasteiger partial charge < -0.3 is 9.80 Å². The van der Waals surface area contributed by atoms with E-state index in [-0.39, 0.29) is 18.0 Å². The van der Waals surface area contributed by atoms with E-state index in [9.17, 15) is 19.6 Å². The Morgan fingerprint density at radius 3 is 2.59 bits per heavy atom. The van der Waals surface area contributed by atoms with Crippen molar-refractivity contribution < 1.29 is 4.79 Å². The summed E-state index contributed by atoms with van der Waals surface area (Å²) in [6.07, 6.45) is 1.25. The van der Waals surface area contributed by atoms with Crippen molar-refractivity contribution in [1.82, 2.24) is 14.0 Å². The second kappa shape index (κ2) is 7.76. The van der Waals surface area contributed by atoms with E-state index in [1.807, 2.05) is 30.3 Å². The second-order valence-electron chi connectivity index (χ2n) is 7.21. The smallest absolute Gasteiger partial charge is 0.331 e. The molecule has 0 saturated carbocycles. The minimum Gasteiger partial charge on any atom is -0.368 e. The van der Waals surface area contributed by atoms with Gasteiger partial charge in [-0.25, -0.2) is 9.36 Å². The highest BCUT2D eigenvalue weighted by Gasteiger charge is 2.26. The predicted molar refractivity (Wildman–Crippen MR) is 108 cm³/mol. The Kier molecular flexibility index (Phi) is 5.16. The molecule has 3 heterocycles. The lowest BCUT2D eigenvalue weighted by atomic mass is 10.2. The zero-order chi connectivity index (χ0) is 20.5. The molecule has 29 heavy (non-hydrogen) atoms. The second-order valence-corrected chi connectivity index (χ2v) is 7.65. The van der Waals surface area contributed by atoms with E-state index in [0.717, 1.165) is 10.3 Å². The van der Waals surface area contributed by atoms with Crippen LogP contribution in [-0.4, -0.2) is 46.1 Å². The maximum absolute atomic E-state index is 12.8. The van der Waals surface area contributed by atoms with Gasteiger partial charge in [-0.2, -0.15) is 5.26 Å². The van der Waals surface area contributed by atoms with Crippen molar-refractivity contribution >= 4 is 23.2 Å². The van der Waals surface area contributed by atoms with Gasteiger partial charge in [-0.3, -0.25) is 14.2 Å². The number of hydrogen-bond donors (Lipinski definition) is 0. The molecular formula is C20H20ClN5O3. The van der Waals surface area contributed by atoms with Crippen molar-refractivity contribution in [3.8, 4) is 6.07 Å². The first kappa shape index (κ1) is 19.3. The molecule has 0 atom stereocenters. The van der Waals surface area contributed by atoms with E-state index < -0.39 is 11.2 Å². The van der Waals surface area contributed by atoms with Crippen molar-refractivity contribution in [3.63, 3.8) is 0 Å². The largest absolute Gasteiger partial charge is 0.368 e. The standard InChI is InChI=1S/C20H20ClN5O3/c21-14-3-1-4-15(11-14)23-7-9-24(10-8-23)18(27)13-26-19(28)16(12-22)17-5-2-6-25(17)20(26)29/h1,3-4,11H,2,5-10,13H2. The molecule has 9 heteroatoms. The van der Waals surface area contributed by atoms with Gasteiger partial charge in [0, 0.05) is 49.1 Å². The quantitative estimate of drug-likeness (QED) is 0.743. The minimum absolute atomic E-state index is 0.0272. The van der Waals surface area contributed by atoms with Crippen LogP contribution >= 0.6 is 11.6 Å². The number of anilines is 1. The Labute approximate surface area is 172 Å². The van der Waals surface area contributed by atoms with Crippen LogP contribution in [-0.2, 0) is 24.3 Å². The first-order valence-corrected chi connectivity index (χ1v) is 9.92. The van der Waals surface area contributed by atoms with E-state index in [4.69, 9.17) is 11.6 Å². The fraction of sp³-hybridized carbons (Fsp3) is 0.400. The molecule has 1 amide bonds. The SMILES string of the molecule is N#Cc1c2n(c(=O)n(CC(=O)N3CCN(c4cccc(Cl)c4)CC3)c1=O)CCC2. The number of nitrogens with zero attached hydrogens (tertiary/aromatic N) is 5. The fourth-order valence-corrected chi connectivity index (χ4v) is 4.20. The maximum Gasteiger partial charge on any atom is 0.331 e. The van der Waals surface area contributed by atoms with E-state index in [1.54, 1.807) is 4.90 Å². The molecule has 1 aromatic carbocycles. The number of nitriles is 1. The lowest BCUT2D eigenvalue weighted by molar-refractivity contribution is -0.132. The van der Waals surface area contributed by atoms with E-state index >= 15 is 0 Å². The number of amides is 1. The molecule has 1 fully saturated rings. The number of halogens is 1. The third-order valence-electron chi connectivity index (χ3n) is 5.54. The summed E-state index contributed by atoms with van der Waals surface area (Å²) in [6, 6.07) is 9.46. The van der Waals surface area contributed by atoms with Gasteiger partial charge in [0.05, 0.1) is 0 Å². The molecule has 0 N–H and O–H groups in total. The van der Waals surface area contributed by atoms with Gasteiger partial charge in [0.25, 0.3) is 5.56 Å². The molecule has 1 saturated heterocycles. The summed E-state index contributed by atoms with van der Waals surface area (Å²) in [6.45, 7) is 2.36. The monoisotopic (exact) mass is 413 g/mol. The van der Waals surface area contributed by atoms with E-state index in [2.05, 4.69) is 4.90 Å². The lowest BCUT2D eigenvalue weighted by Gasteiger charge is -2.36. The summed E-state index contributed by atoms with van der Waals surface area (Å²) in [5.74, 6) is -0.294. The predicted octanol–water partition coefficient (Wildman–Crippen LogP) is 0.830. The molecule has 150 valence electrons. The van der Waals surface area contributed by atoms with Crippen LogP contribution in [0.5, 0.6) is 0 Å². The van der Waals surface area contributed by atoms with Gasteiger partial charge in [-0.1, -0.05) is 17.7 Å². The minimum atomic E-state index is -0.670. The van der Waals surface area contributed by atoms with Crippen LogP contribution in [0.1, 0.15) is 17.7 Å². The van der Waals surface area contributed by atoms with Crippen molar-refractivity contribution in [1.29, 1.82) is 5.26 Å². The van der Waals surface area contributed by atoms with Crippen LogP contribution in [0.2, 0.25) is 5.02 Å². The highest BCUT2D eigenvalue weighted by molar-refractivity contribution is 6.30. The maximum atomic E-state index is 12.8. The van der Waals surface area contributed by atoms with Crippen LogP contribution in [0, 0.1) is 11.3 Å². The molecule has 0 spiro atoms. The molecule has 1 aromatic heterocycles. The Morgan fingerprint density at radius 1 is 1.14 bits per heavy atom. The number of aromatic nitrogens is 2. The third kappa shape index (κ3) is 3.54. The van der Waals surface area contributed by atoms with Crippen LogP contribution < -0.4 is 16.1 Å². The van der Waals surface area contributed by atoms with Crippen LogP contribution in [0.15, 0.2) is 33.9 Å². The first-order valence-electron chi connectivity index (χ1n) is 9.54. The van der Waals surface area contributed by atoms with Crippen molar-refractivity contribution in [2.75, 3.05) is 31.1 Å². The number of carbonyl (C=O) groups is 1. The zero-order valence-corrected chi connectivity index (χ0v) is 16.6. The summed E-state index contributed by atoms with van der Waals surface area (Å²) in [4.78, 5) is 41.8. The molecule has 0 aliphatic carbocycles. The number of fused-ring (bicyclic) bond motifs is 1. The van der Waals surface area contributed by atoms with Gasteiger partial charge in [0.15, 0.2) is 0 Å². The first-order chi connectivity index (χ1) is 14.0. The summed E-state index contributed by atoms with van der Waals surface area (Å²) in [5.41, 5.74) is 0.280. The topological polar surface area (TPSA) is 91.3 Å². The lowest BCUT2D eigenvalue weighted by Crippen LogP contribution is -2.52. The van der Waals surface area contributed by atoms with Gasteiger partial charge >= 0.3 is 5.69 Å². The van der Waals surface area contributed by atoms with Crippen LogP contribution in [0.4, 0.5) is 5.69 Å². The molecule has 4 rings (SSSR count). The number of hydrogen-bond acceptors (Lipinski definition) is 5. The molecular weight excluding hydrogens is 394 g/mol. The Morgan fingerprint density at radius 2 is 1.90 bits per heavy atom. The van der Waals surface area contributed by atoms with Gasteiger partial charge in [-0.05, 0) is 31.0 Å². The summed E-state index contributed by atoms with van der Waals surface area (Å²) in [7, 11) is 0. The Balaban J connectivity index is 1.50. The fourth-order valence-electron chi connectivity index (χ4n) is 4.01. The summed E-state index contributed by atoms with van der Waals surface area (Å²) < 4.78 is 2.35. The van der Waals surface area contributed by atoms with Crippen LogP contribution in [0.3, 0.4) is 0 Å². The van der Waals surface area contributed by atoms with Crippen LogP contribution in [0.25, 0.3) is 0 Å². The average Bonchev–Trinajstić information content (AvgIpc) is 3.21. The van der Waals surface area contributed by atoms with Gasteiger partial charge in [-0.15, -0.1) is 0 Å². The van der Waals surface area contributed by atoms with Crippen molar-refractivity contribution in [3.05, 3.63) is 61.4 Å². The number of carbonyl (C=O) groups excluding carboxylic acids is 1. The highest BCUT2D eigenvalue weighted by atomic mass is 35.5. The average molecular weight is 414 g/mol. The Bertz CT molecular complexity index is 1120. The molecule has 0 bridgehead atoms. The number of piperazine rings is 1. The third-order valence-corrected chi connectivity index (χ3v) is 5.78. The van der Waals surface area contributed by atoms with E-state index in [1.165, 1.54) is 4.57 Å². The molecule has 8 nitrogen and oxygen atoms in total. The van der Waals surface area contributed by atoms with E-state index in [0.29, 0.717) is 56.3 Å². The number of rotatable bonds is 3. The van der Waals surface area contributed by atoms with Crippen molar-refractivity contribution in [2.24, 2.45) is 0 Å². The van der Waals surface area contributed by atoms with Crippen molar-refractivity contribution in [2.45, 2.75) is 25.9 Å². The van der Waals surface area contributed by atoms with Gasteiger partial charge in [0.1, 0.15) is 18.2 Å². The Hall–Kier alpha value is -3.05. The molecule has 2 aromatic rings. The number of benzene rings is 1. The highest BCUT2D eigenvalue weighted by Crippen LogP contribution is 2.21. The molecule has 0 unspecified atom stereocenters. The zero-order valence-electron chi connectivity index (χ0n) is 15.8. The normalized spacial score (nSPS) is 15.9. The summed E-state index contributed by atoms with van der Waals surface area (Å²) >= 11 is 6.05. The molecule has 2 aliphatic heterocycles.